The minimum Gasteiger partial charge on any atom is -0.493 e. The SMILES string of the molecule is COc1cc(CNCC(C)C)cc(Br)c1OCC(=O)Nc1ccccc1. The lowest BCUT2D eigenvalue weighted by atomic mass is 10.2. The molecular weight excluding hydrogens is 396 g/mol. The van der Waals surface area contributed by atoms with Crippen molar-refractivity contribution in [2.75, 3.05) is 25.6 Å². The maximum Gasteiger partial charge on any atom is 0.262 e. The number of hydrogen-bond acceptors (Lipinski definition) is 4. The number of carbonyl (C=O) groups is 1. The molecule has 0 saturated heterocycles. The summed E-state index contributed by atoms with van der Waals surface area (Å²) in [7, 11) is 1.59. The molecule has 5 nitrogen and oxygen atoms in total. The zero-order valence-electron chi connectivity index (χ0n) is 15.3. The highest BCUT2D eigenvalue weighted by Crippen LogP contribution is 2.36. The molecule has 0 aliphatic heterocycles. The number of ether oxygens (including phenoxy) is 2. The average Bonchev–Trinajstić information content (AvgIpc) is 2.61. The highest BCUT2D eigenvalue weighted by Gasteiger charge is 2.14. The summed E-state index contributed by atoms with van der Waals surface area (Å²) in [5.41, 5.74) is 1.81. The Labute approximate surface area is 163 Å². The van der Waals surface area contributed by atoms with Crippen LogP contribution < -0.4 is 20.1 Å². The van der Waals surface area contributed by atoms with Crippen molar-refractivity contribution in [1.82, 2.24) is 5.32 Å². The number of benzene rings is 2. The molecule has 1 amide bonds. The van der Waals surface area contributed by atoms with Crippen molar-refractivity contribution in [2.45, 2.75) is 20.4 Å². The first-order valence-corrected chi connectivity index (χ1v) is 9.33. The van der Waals surface area contributed by atoms with Crippen LogP contribution in [0.3, 0.4) is 0 Å². The van der Waals surface area contributed by atoms with Gasteiger partial charge in [0.15, 0.2) is 18.1 Å². The van der Waals surface area contributed by atoms with Crippen molar-refractivity contribution in [3.8, 4) is 11.5 Å². The molecule has 6 heteroatoms. The first-order valence-electron chi connectivity index (χ1n) is 8.54. The van der Waals surface area contributed by atoms with E-state index in [9.17, 15) is 4.79 Å². The van der Waals surface area contributed by atoms with Gasteiger partial charge in [0, 0.05) is 12.2 Å². The van der Waals surface area contributed by atoms with Crippen LogP contribution in [-0.2, 0) is 11.3 Å². The van der Waals surface area contributed by atoms with Gasteiger partial charge in [0.05, 0.1) is 11.6 Å². The Kier molecular flexibility index (Phi) is 7.94. The minimum absolute atomic E-state index is 0.102. The number of methoxy groups -OCH3 is 1. The molecule has 2 aromatic carbocycles. The summed E-state index contributed by atoms with van der Waals surface area (Å²) >= 11 is 3.51. The second kappa shape index (κ2) is 10.2. The lowest BCUT2D eigenvalue weighted by Gasteiger charge is -2.15. The maximum atomic E-state index is 12.1. The second-order valence-electron chi connectivity index (χ2n) is 6.34. The summed E-state index contributed by atoms with van der Waals surface area (Å²) in [4.78, 5) is 12.1. The summed E-state index contributed by atoms with van der Waals surface area (Å²) < 4.78 is 11.9. The summed E-state index contributed by atoms with van der Waals surface area (Å²) in [5.74, 6) is 1.47. The molecule has 0 atom stereocenters. The Balaban J connectivity index is 1.98. The van der Waals surface area contributed by atoms with Crippen LogP contribution in [-0.4, -0.2) is 26.2 Å². The van der Waals surface area contributed by atoms with Crippen molar-refractivity contribution in [1.29, 1.82) is 0 Å². The lowest BCUT2D eigenvalue weighted by molar-refractivity contribution is -0.118. The molecule has 0 radical (unpaired) electrons. The molecule has 0 aliphatic rings. The summed E-state index contributed by atoms with van der Waals surface area (Å²) in [6.45, 7) is 5.91. The predicted molar refractivity (Wildman–Crippen MR) is 108 cm³/mol. The number of amides is 1. The molecule has 0 aromatic heterocycles. The Morgan fingerprint density at radius 1 is 1.19 bits per heavy atom. The molecule has 0 bridgehead atoms. The fourth-order valence-corrected chi connectivity index (χ4v) is 2.98. The third-order valence-corrected chi connectivity index (χ3v) is 4.17. The monoisotopic (exact) mass is 420 g/mol. The molecule has 0 heterocycles. The summed E-state index contributed by atoms with van der Waals surface area (Å²) in [6.07, 6.45) is 0. The van der Waals surface area contributed by atoms with E-state index in [0.29, 0.717) is 17.4 Å². The van der Waals surface area contributed by atoms with Crippen molar-refractivity contribution < 1.29 is 14.3 Å². The van der Waals surface area contributed by atoms with Crippen LogP contribution in [0.15, 0.2) is 46.9 Å². The zero-order valence-corrected chi connectivity index (χ0v) is 16.9. The number of anilines is 1. The van der Waals surface area contributed by atoms with Gasteiger partial charge in [-0.25, -0.2) is 0 Å². The van der Waals surface area contributed by atoms with Crippen LogP contribution in [0, 0.1) is 5.92 Å². The quantitative estimate of drug-likeness (QED) is 0.637. The predicted octanol–water partition coefficient (Wildman–Crippen LogP) is 4.22. The van der Waals surface area contributed by atoms with Crippen LogP contribution in [0.4, 0.5) is 5.69 Å². The van der Waals surface area contributed by atoms with E-state index in [1.54, 1.807) is 7.11 Å². The Morgan fingerprint density at radius 3 is 2.58 bits per heavy atom. The standard InChI is InChI=1S/C20H25BrN2O3/c1-14(2)11-22-12-15-9-17(21)20(18(10-15)25-3)26-13-19(24)23-16-7-5-4-6-8-16/h4-10,14,22H,11-13H2,1-3H3,(H,23,24). The van der Waals surface area contributed by atoms with Crippen molar-refractivity contribution >= 4 is 27.5 Å². The normalized spacial score (nSPS) is 10.7. The topological polar surface area (TPSA) is 59.6 Å². The second-order valence-corrected chi connectivity index (χ2v) is 7.19. The van der Waals surface area contributed by atoms with Gasteiger partial charge in [-0.3, -0.25) is 4.79 Å². The Morgan fingerprint density at radius 2 is 1.92 bits per heavy atom. The first kappa shape index (κ1) is 20.3. The fourth-order valence-electron chi connectivity index (χ4n) is 2.38. The van der Waals surface area contributed by atoms with Crippen LogP contribution in [0.1, 0.15) is 19.4 Å². The van der Waals surface area contributed by atoms with Gasteiger partial charge in [0.25, 0.3) is 5.91 Å². The van der Waals surface area contributed by atoms with Gasteiger partial charge in [-0.15, -0.1) is 0 Å². The fraction of sp³-hybridized carbons (Fsp3) is 0.350. The molecule has 0 fully saturated rings. The number of para-hydroxylation sites is 1. The van der Waals surface area contributed by atoms with Gasteiger partial charge in [-0.2, -0.15) is 0 Å². The van der Waals surface area contributed by atoms with E-state index in [2.05, 4.69) is 40.4 Å². The van der Waals surface area contributed by atoms with E-state index >= 15 is 0 Å². The molecule has 26 heavy (non-hydrogen) atoms. The van der Waals surface area contributed by atoms with E-state index in [-0.39, 0.29) is 12.5 Å². The van der Waals surface area contributed by atoms with E-state index in [1.165, 1.54) is 0 Å². The number of hydrogen-bond donors (Lipinski definition) is 2. The van der Waals surface area contributed by atoms with Crippen molar-refractivity contribution in [3.05, 3.63) is 52.5 Å². The van der Waals surface area contributed by atoms with E-state index in [1.807, 2.05) is 42.5 Å². The molecule has 2 rings (SSSR count). The Bertz CT molecular complexity index is 720. The number of halogens is 1. The largest absolute Gasteiger partial charge is 0.493 e. The van der Waals surface area contributed by atoms with Crippen molar-refractivity contribution in [3.63, 3.8) is 0 Å². The van der Waals surface area contributed by atoms with Gasteiger partial charge in [0.2, 0.25) is 0 Å². The molecule has 0 unspecified atom stereocenters. The summed E-state index contributed by atoms with van der Waals surface area (Å²) in [6, 6.07) is 13.2. The van der Waals surface area contributed by atoms with E-state index < -0.39 is 0 Å². The number of rotatable bonds is 9. The maximum absolute atomic E-state index is 12.1. The third kappa shape index (κ3) is 6.35. The van der Waals surface area contributed by atoms with Gasteiger partial charge in [-0.1, -0.05) is 32.0 Å². The molecule has 0 aliphatic carbocycles. The highest BCUT2D eigenvalue weighted by molar-refractivity contribution is 9.10. The lowest BCUT2D eigenvalue weighted by Crippen LogP contribution is -2.21. The molecule has 2 aromatic rings. The first-order chi connectivity index (χ1) is 12.5. The molecular formula is C20H25BrN2O3. The zero-order chi connectivity index (χ0) is 18.9. The van der Waals surface area contributed by atoms with Crippen LogP contribution in [0.2, 0.25) is 0 Å². The molecule has 2 N–H and O–H groups in total. The van der Waals surface area contributed by atoms with Crippen LogP contribution in [0.25, 0.3) is 0 Å². The number of nitrogens with one attached hydrogen (secondary N) is 2. The van der Waals surface area contributed by atoms with E-state index in [4.69, 9.17) is 9.47 Å². The van der Waals surface area contributed by atoms with Gasteiger partial charge in [0.1, 0.15) is 0 Å². The van der Waals surface area contributed by atoms with Gasteiger partial charge < -0.3 is 20.1 Å². The Hall–Kier alpha value is -2.05. The third-order valence-electron chi connectivity index (χ3n) is 3.58. The summed E-state index contributed by atoms with van der Waals surface area (Å²) in [5, 5.41) is 6.18. The highest BCUT2D eigenvalue weighted by atomic mass is 79.9. The van der Waals surface area contributed by atoms with Crippen molar-refractivity contribution in [2.24, 2.45) is 5.92 Å². The number of carbonyl (C=O) groups excluding carboxylic acids is 1. The minimum atomic E-state index is -0.229. The van der Waals surface area contributed by atoms with Crippen LogP contribution >= 0.6 is 15.9 Å². The smallest absolute Gasteiger partial charge is 0.262 e. The molecule has 140 valence electrons. The van der Waals surface area contributed by atoms with Crippen LogP contribution in [0.5, 0.6) is 11.5 Å². The molecule has 0 saturated carbocycles. The average molecular weight is 421 g/mol. The van der Waals surface area contributed by atoms with E-state index in [0.717, 1.165) is 28.8 Å². The molecule has 0 spiro atoms. The van der Waals surface area contributed by atoms with Gasteiger partial charge in [-0.05, 0) is 58.2 Å². The van der Waals surface area contributed by atoms with Gasteiger partial charge >= 0.3 is 0 Å².